The first-order valence-corrected chi connectivity index (χ1v) is 8.21. The third kappa shape index (κ3) is 3.25. The maximum Gasteiger partial charge on any atom is 0.255 e. The number of anilines is 2. The van der Waals surface area contributed by atoms with E-state index in [1.165, 1.54) is 0 Å². The van der Waals surface area contributed by atoms with E-state index in [0.29, 0.717) is 23.5 Å². The Kier molecular flexibility index (Phi) is 4.07. The number of pyridine rings is 1. The number of rotatable bonds is 4. The summed E-state index contributed by atoms with van der Waals surface area (Å²) < 4.78 is 1.85. The average molecular weight is 343 g/mol. The minimum Gasteiger partial charge on any atom is -0.397 e. The molecule has 4 rings (SSSR count). The summed E-state index contributed by atoms with van der Waals surface area (Å²) in [5.41, 5.74) is 9.48. The Balaban J connectivity index is 1.57. The van der Waals surface area contributed by atoms with Crippen LogP contribution in [-0.4, -0.2) is 20.7 Å². The molecule has 0 spiro atoms. The lowest BCUT2D eigenvalue weighted by molar-refractivity contribution is 0.102. The first-order chi connectivity index (χ1) is 12.7. The lowest BCUT2D eigenvalue weighted by Gasteiger charge is -2.07. The topological polar surface area (TPSA) is 85.8 Å². The van der Waals surface area contributed by atoms with Gasteiger partial charge in [-0.05, 0) is 42.0 Å². The van der Waals surface area contributed by atoms with Crippen LogP contribution in [0.15, 0.2) is 73.2 Å². The van der Waals surface area contributed by atoms with Crippen molar-refractivity contribution in [1.82, 2.24) is 14.8 Å². The van der Waals surface area contributed by atoms with Crippen LogP contribution in [0.25, 0.3) is 10.9 Å². The van der Waals surface area contributed by atoms with Gasteiger partial charge in [-0.3, -0.25) is 14.5 Å². The number of amides is 1. The summed E-state index contributed by atoms with van der Waals surface area (Å²) in [7, 11) is 0. The molecule has 2 heterocycles. The van der Waals surface area contributed by atoms with Crippen molar-refractivity contribution in [2.24, 2.45) is 0 Å². The first-order valence-electron chi connectivity index (χ1n) is 8.21. The molecule has 0 unspecified atom stereocenters. The van der Waals surface area contributed by atoms with Gasteiger partial charge in [0, 0.05) is 29.5 Å². The van der Waals surface area contributed by atoms with E-state index < -0.39 is 0 Å². The summed E-state index contributed by atoms with van der Waals surface area (Å²) in [5.74, 6) is -0.204. The van der Waals surface area contributed by atoms with E-state index in [9.17, 15) is 4.79 Å². The van der Waals surface area contributed by atoms with Crippen LogP contribution in [0, 0.1) is 0 Å². The molecule has 0 saturated carbocycles. The average Bonchev–Trinajstić information content (AvgIpc) is 3.05. The van der Waals surface area contributed by atoms with E-state index in [1.54, 1.807) is 24.4 Å². The van der Waals surface area contributed by atoms with E-state index in [1.807, 2.05) is 53.5 Å². The molecule has 4 aromatic rings. The number of benzene rings is 2. The number of nitrogens with zero attached hydrogens (tertiary/aromatic N) is 3. The largest absolute Gasteiger partial charge is 0.397 e. The molecule has 0 aliphatic heterocycles. The lowest BCUT2D eigenvalue weighted by Crippen LogP contribution is -2.12. The van der Waals surface area contributed by atoms with Crippen LogP contribution in [-0.2, 0) is 6.54 Å². The Bertz CT molecular complexity index is 1070. The predicted octanol–water partition coefficient (Wildman–Crippen LogP) is 3.31. The number of nitrogen functional groups attached to an aromatic ring is 1. The number of fused-ring (bicyclic) bond motifs is 1. The van der Waals surface area contributed by atoms with Crippen LogP contribution in [0.2, 0.25) is 0 Å². The number of hydrogen-bond acceptors (Lipinski definition) is 4. The maximum atomic E-state index is 12.5. The standard InChI is InChI=1S/C20H17N5O/c21-17-5-1-2-6-19(17)23-20(26)15-7-8-18-16(10-15)13-25(24-18)12-14-4-3-9-22-11-14/h1-11,13H,12,21H2,(H,23,26). The fraction of sp³-hybridized carbons (Fsp3) is 0.0500. The predicted molar refractivity (Wildman–Crippen MR) is 102 cm³/mol. The Morgan fingerprint density at radius 1 is 1.12 bits per heavy atom. The van der Waals surface area contributed by atoms with Gasteiger partial charge in [-0.2, -0.15) is 5.10 Å². The zero-order valence-electron chi connectivity index (χ0n) is 14.0. The molecule has 0 fully saturated rings. The van der Waals surface area contributed by atoms with Crippen molar-refractivity contribution in [3.63, 3.8) is 0 Å². The van der Waals surface area contributed by atoms with E-state index in [0.717, 1.165) is 16.5 Å². The first kappa shape index (κ1) is 15.8. The SMILES string of the molecule is Nc1ccccc1NC(=O)c1ccc2nn(Cc3cccnc3)cc2c1. The van der Waals surface area contributed by atoms with Crippen LogP contribution in [0.3, 0.4) is 0 Å². The molecule has 6 heteroatoms. The van der Waals surface area contributed by atoms with Crippen molar-refractivity contribution >= 4 is 28.2 Å². The van der Waals surface area contributed by atoms with E-state index in [2.05, 4.69) is 15.4 Å². The zero-order valence-corrected chi connectivity index (χ0v) is 14.0. The lowest BCUT2D eigenvalue weighted by atomic mass is 10.1. The number of carbonyl (C=O) groups excluding carboxylic acids is 1. The van der Waals surface area contributed by atoms with Crippen molar-refractivity contribution in [1.29, 1.82) is 0 Å². The molecule has 3 N–H and O–H groups in total. The summed E-state index contributed by atoms with van der Waals surface area (Å²) >= 11 is 0. The van der Waals surface area contributed by atoms with Gasteiger partial charge < -0.3 is 11.1 Å². The Hall–Kier alpha value is -3.67. The molecule has 0 radical (unpaired) electrons. The molecule has 0 saturated heterocycles. The van der Waals surface area contributed by atoms with Gasteiger partial charge in [0.15, 0.2) is 0 Å². The minimum atomic E-state index is -0.204. The van der Waals surface area contributed by atoms with Gasteiger partial charge in [0.25, 0.3) is 5.91 Å². The second kappa shape index (κ2) is 6.68. The number of carbonyl (C=O) groups is 1. The third-order valence-electron chi connectivity index (χ3n) is 4.09. The molecular weight excluding hydrogens is 326 g/mol. The molecule has 0 bridgehead atoms. The monoisotopic (exact) mass is 343 g/mol. The quantitative estimate of drug-likeness (QED) is 0.557. The molecule has 0 aliphatic carbocycles. The van der Waals surface area contributed by atoms with Crippen molar-refractivity contribution in [3.05, 3.63) is 84.3 Å². The molecule has 1 amide bonds. The molecular formula is C20H17N5O. The Morgan fingerprint density at radius 3 is 2.81 bits per heavy atom. The van der Waals surface area contributed by atoms with Crippen LogP contribution in [0.1, 0.15) is 15.9 Å². The van der Waals surface area contributed by atoms with Crippen molar-refractivity contribution in [3.8, 4) is 0 Å². The summed E-state index contributed by atoms with van der Waals surface area (Å²) in [4.78, 5) is 16.6. The van der Waals surface area contributed by atoms with Gasteiger partial charge in [-0.1, -0.05) is 18.2 Å². The van der Waals surface area contributed by atoms with E-state index in [-0.39, 0.29) is 5.91 Å². The van der Waals surface area contributed by atoms with E-state index >= 15 is 0 Å². The van der Waals surface area contributed by atoms with Gasteiger partial charge in [0.05, 0.1) is 23.4 Å². The van der Waals surface area contributed by atoms with Crippen molar-refractivity contribution < 1.29 is 4.79 Å². The highest BCUT2D eigenvalue weighted by Gasteiger charge is 2.10. The van der Waals surface area contributed by atoms with Crippen LogP contribution < -0.4 is 11.1 Å². The smallest absolute Gasteiger partial charge is 0.255 e. The number of nitrogens with two attached hydrogens (primary N) is 1. The summed E-state index contributed by atoms with van der Waals surface area (Å²) in [6.45, 7) is 0.630. The molecule has 6 nitrogen and oxygen atoms in total. The molecule has 2 aromatic heterocycles. The van der Waals surface area contributed by atoms with Crippen LogP contribution in [0.5, 0.6) is 0 Å². The third-order valence-corrected chi connectivity index (χ3v) is 4.09. The number of nitrogens with one attached hydrogen (secondary N) is 1. The van der Waals surface area contributed by atoms with Gasteiger partial charge >= 0.3 is 0 Å². The van der Waals surface area contributed by atoms with Gasteiger partial charge in [-0.25, -0.2) is 0 Å². The molecule has 0 aliphatic rings. The molecule has 128 valence electrons. The normalized spacial score (nSPS) is 10.8. The van der Waals surface area contributed by atoms with Crippen molar-refractivity contribution in [2.45, 2.75) is 6.54 Å². The fourth-order valence-electron chi connectivity index (χ4n) is 2.78. The summed E-state index contributed by atoms with van der Waals surface area (Å²) in [6, 6.07) is 16.5. The Labute approximate surface area is 150 Å². The highest BCUT2D eigenvalue weighted by molar-refractivity contribution is 6.07. The molecule has 26 heavy (non-hydrogen) atoms. The number of hydrogen-bond donors (Lipinski definition) is 2. The summed E-state index contributed by atoms with van der Waals surface area (Å²) in [6.07, 6.45) is 5.49. The van der Waals surface area contributed by atoms with Crippen LogP contribution in [0.4, 0.5) is 11.4 Å². The Morgan fingerprint density at radius 2 is 2.00 bits per heavy atom. The maximum absolute atomic E-state index is 12.5. The van der Waals surface area contributed by atoms with Gasteiger partial charge in [0.2, 0.25) is 0 Å². The second-order valence-electron chi connectivity index (χ2n) is 6.00. The van der Waals surface area contributed by atoms with E-state index in [4.69, 9.17) is 5.73 Å². The van der Waals surface area contributed by atoms with Gasteiger partial charge in [-0.15, -0.1) is 0 Å². The van der Waals surface area contributed by atoms with Crippen molar-refractivity contribution in [2.75, 3.05) is 11.1 Å². The zero-order chi connectivity index (χ0) is 17.9. The van der Waals surface area contributed by atoms with Gasteiger partial charge in [0.1, 0.15) is 0 Å². The minimum absolute atomic E-state index is 0.204. The molecule has 0 atom stereocenters. The molecule has 2 aromatic carbocycles. The number of para-hydroxylation sites is 2. The fourth-order valence-corrected chi connectivity index (χ4v) is 2.78. The van der Waals surface area contributed by atoms with Crippen LogP contribution >= 0.6 is 0 Å². The number of aromatic nitrogens is 3. The summed E-state index contributed by atoms with van der Waals surface area (Å²) in [5, 5.41) is 8.29. The highest BCUT2D eigenvalue weighted by Crippen LogP contribution is 2.20. The second-order valence-corrected chi connectivity index (χ2v) is 6.00. The highest BCUT2D eigenvalue weighted by atomic mass is 16.1.